The van der Waals surface area contributed by atoms with Gasteiger partial charge in [-0.25, -0.2) is 0 Å². The molecular formula is C15H22N4O2. The van der Waals surface area contributed by atoms with Gasteiger partial charge in [0.1, 0.15) is 0 Å². The Bertz CT molecular complexity index is 522. The van der Waals surface area contributed by atoms with Gasteiger partial charge in [-0.3, -0.25) is 9.59 Å². The van der Waals surface area contributed by atoms with Gasteiger partial charge >= 0.3 is 0 Å². The van der Waals surface area contributed by atoms with Crippen LogP contribution in [-0.4, -0.2) is 73.3 Å². The third-order valence-electron chi connectivity index (χ3n) is 3.56. The summed E-state index contributed by atoms with van der Waals surface area (Å²) in [5, 5.41) is 0. The molecule has 0 atom stereocenters. The van der Waals surface area contributed by atoms with Crippen molar-refractivity contribution in [1.82, 2.24) is 14.7 Å². The minimum Gasteiger partial charge on any atom is -0.398 e. The highest BCUT2D eigenvalue weighted by atomic mass is 16.2. The van der Waals surface area contributed by atoms with Crippen LogP contribution in [0, 0.1) is 0 Å². The lowest BCUT2D eigenvalue weighted by Crippen LogP contribution is -2.52. The van der Waals surface area contributed by atoms with Gasteiger partial charge in [0.05, 0.1) is 12.1 Å². The first-order chi connectivity index (χ1) is 9.99. The van der Waals surface area contributed by atoms with Crippen LogP contribution in [0.4, 0.5) is 5.69 Å². The van der Waals surface area contributed by atoms with Gasteiger partial charge in [-0.1, -0.05) is 12.1 Å². The van der Waals surface area contributed by atoms with Crippen LogP contribution in [0.3, 0.4) is 0 Å². The summed E-state index contributed by atoms with van der Waals surface area (Å²) < 4.78 is 0. The third-order valence-corrected chi connectivity index (χ3v) is 3.56. The van der Waals surface area contributed by atoms with Crippen molar-refractivity contribution in [3.63, 3.8) is 0 Å². The second kappa shape index (κ2) is 6.58. The number of likely N-dealkylation sites (N-methyl/N-ethyl adjacent to an activating group) is 1. The average molecular weight is 290 g/mol. The fraction of sp³-hybridized carbons (Fsp3) is 0.467. The van der Waals surface area contributed by atoms with Gasteiger partial charge in [-0.05, 0) is 26.2 Å². The minimum absolute atomic E-state index is 0.0622. The minimum atomic E-state index is -0.0622. The van der Waals surface area contributed by atoms with Crippen LogP contribution in [0.2, 0.25) is 0 Å². The van der Waals surface area contributed by atoms with Crippen LogP contribution in [0.5, 0.6) is 0 Å². The summed E-state index contributed by atoms with van der Waals surface area (Å²) in [5.41, 5.74) is 6.87. The molecule has 1 fully saturated rings. The SMILES string of the molecule is CN(C)CC(=O)N1CCN(C(=O)c2ccccc2N)CC1. The Morgan fingerprint density at radius 3 is 2.24 bits per heavy atom. The largest absolute Gasteiger partial charge is 0.398 e. The predicted octanol–water partition coefficient (Wildman–Crippen LogP) is 0.115. The molecule has 0 unspecified atom stereocenters. The summed E-state index contributed by atoms with van der Waals surface area (Å²) in [6.07, 6.45) is 0. The summed E-state index contributed by atoms with van der Waals surface area (Å²) in [7, 11) is 3.74. The highest BCUT2D eigenvalue weighted by molar-refractivity contribution is 5.99. The van der Waals surface area contributed by atoms with Crippen LogP contribution in [0.25, 0.3) is 0 Å². The lowest BCUT2D eigenvalue weighted by molar-refractivity contribution is -0.133. The molecule has 0 spiro atoms. The van der Waals surface area contributed by atoms with E-state index in [2.05, 4.69) is 0 Å². The molecule has 2 N–H and O–H groups in total. The van der Waals surface area contributed by atoms with E-state index in [1.54, 1.807) is 28.0 Å². The molecule has 1 aliphatic heterocycles. The first-order valence-corrected chi connectivity index (χ1v) is 7.05. The molecule has 1 aromatic rings. The predicted molar refractivity (Wildman–Crippen MR) is 81.9 cm³/mol. The summed E-state index contributed by atoms with van der Waals surface area (Å²) in [6, 6.07) is 7.08. The highest BCUT2D eigenvalue weighted by Gasteiger charge is 2.25. The number of piperazine rings is 1. The average Bonchev–Trinajstić information content (AvgIpc) is 2.46. The first-order valence-electron chi connectivity index (χ1n) is 7.05. The molecule has 1 saturated heterocycles. The number of anilines is 1. The molecule has 6 nitrogen and oxygen atoms in total. The Morgan fingerprint density at radius 1 is 1.10 bits per heavy atom. The highest BCUT2D eigenvalue weighted by Crippen LogP contribution is 2.15. The lowest BCUT2D eigenvalue weighted by Gasteiger charge is -2.35. The maximum absolute atomic E-state index is 12.4. The molecule has 0 radical (unpaired) electrons. The normalized spacial score (nSPS) is 15.4. The molecule has 1 heterocycles. The maximum Gasteiger partial charge on any atom is 0.256 e. The van der Waals surface area contributed by atoms with Crippen molar-refractivity contribution in [2.75, 3.05) is 52.6 Å². The second-order valence-corrected chi connectivity index (χ2v) is 5.50. The van der Waals surface area contributed by atoms with Crippen molar-refractivity contribution in [3.05, 3.63) is 29.8 Å². The van der Waals surface area contributed by atoms with Crippen LogP contribution in [-0.2, 0) is 4.79 Å². The fourth-order valence-corrected chi connectivity index (χ4v) is 2.39. The van der Waals surface area contributed by atoms with Crippen molar-refractivity contribution < 1.29 is 9.59 Å². The van der Waals surface area contributed by atoms with Crippen molar-refractivity contribution in [2.24, 2.45) is 0 Å². The second-order valence-electron chi connectivity index (χ2n) is 5.50. The number of nitrogen functional groups attached to an aromatic ring is 1. The van der Waals surface area contributed by atoms with E-state index in [1.165, 1.54) is 0 Å². The maximum atomic E-state index is 12.4. The molecule has 21 heavy (non-hydrogen) atoms. The standard InChI is InChI=1S/C15H22N4O2/c1-17(2)11-14(20)18-7-9-19(10-8-18)15(21)12-5-3-4-6-13(12)16/h3-6H,7-11,16H2,1-2H3. The van der Waals surface area contributed by atoms with Gasteiger partial charge < -0.3 is 20.4 Å². The number of benzene rings is 1. The topological polar surface area (TPSA) is 69.9 Å². The van der Waals surface area contributed by atoms with E-state index in [1.807, 2.05) is 25.1 Å². The molecule has 0 saturated carbocycles. The van der Waals surface area contributed by atoms with E-state index in [4.69, 9.17) is 5.73 Å². The molecule has 0 aliphatic carbocycles. The fourth-order valence-electron chi connectivity index (χ4n) is 2.39. The van der Waals surface area contributed by atoms with E-state index >= 15 is 0 Å². The van der Waals surface area contributed by atoms with Gasteiger partial charge in [-0.15, -0.1) is 0 Å². The van der Waals surface area contributed by atoms with Crippen LogP contribution >= 0.6 is 0 Å². The summed E-state index contributed by atoms with van der Waals surface area (Å²) in [4.78, 5) is 29.8. The van der Waals surface area contributed by atoms with Gasteiger partial charge in [0.2, 0.25) is 5.91 Å². The molecule has 1 aliphatic rings. The number of hydrogen-bond donors (Lipinski definition) is 1. The molecule has 1 aromatic carbocycles. The van der Waals surface area contributed by atoms with E-state index < -0.39 is 0 Å². The van der Waals surface area contributed by atoms with Crippen molar-refractivity contribution in [1.29, 1.82) is 0 Å². The Morgan fingerprint density at radius 2 is 1.67 bits per heavy atom. The van der Waals surface area contributed by atoms with Crippen LogP contribution < -0.4 is 5.73 Å². The Balaban J connectivity index is 1.94. The molecule has 2 amide bonds. The molecule has 2 rings (SSSR count). The Kier molecular flexibility index (Phi) is 4.80. The number of rotatable bonds is 3. The zero-order valence-electron chi connectivity index (χ0n) is 12.6. The van der Waals surface area contributed by atoms with Crippen LogP contribution in [0.1, 0.15) is 10.4 Å². The van der Waals surface area contributed by atoms with Crippen molar-refractivity contribution in [2.45, 2.75) is 0 Å². The summed E-state index contributed by atoms with van der Waals surface area (Å²) in [6.45, 7) is 2.65. The molecule has 114 valence electrons. The van der Waals surface area contributed by atoms with Crippen LogP contribution in [0.15, 0.2) is 24.3 Å². The molecule has 0 aromatic heterocycles. The third kappa shape index (κ3) is 3.72. The van der Waals surface area contributed by atoms with E-state index in [-0.39, 0.29) is 11.8 Å². The Hall–Kier alpha value is -2.08. The quantitative estimate of drug-likeness (QED) is 0.803. The Labute approximate surface area is 125 Å². The number of hydrogen-bond acceptors (Lipinski definition) is 4. The van der Waals surface area contributed by atoms with Crippen molar-refractivity contribution in [3.8, 4) is 0 Å². The molecule has 6 heteroatoms. The molecule has 0 bridgehead atoms. The van der Waals surface area contributed by atoms with Gasteiger partial charge in [-0.2, -0.15) is 0 Å². The van der Waals surface area contributed by atoms with Crippen molar-refractivity contribution >= 4 is 17.5 Å². The van der Waals surface area contributed by atoms with Gasteiger partial charge in [0.25, 0.3) is 5.91 Å². The number of carbonyl (C=O) groups is 2. The zero-order valence-corrected chi connectivity index (χ0v) is 12.6. The van der Waals surface area contributed by atoms with E-state index in [0.29, 0.717) is 44.0 Å². The number of para-hydroxylation sites is 1. The number of amides is 2. The smallest absolute Gasteiger partial charge is 0.256 e. The molecular weight excluding hydrogens is 268 g/mol. The number of nitrogens with zero attached hydrogens (tertiary/aromatic N) is 3. The summed E-state index contributed by atoms with van der Waals surface area (Å²) in [5.74, 6) is 0.0409. The summed E-state index contributed by atoms with van der Waals surface area (Å²) >= 11 is 0. The zero-order chi connectivity index (χ0) is 15.4. The number of nitrogens with two attached hydrogens (primary N) is 1. The van der Waals surface area contributed by atoms with E-state index in [0.717, 1.165) is 0 Å². The van der Waals surface area contributed by atoms with Gasteiger partial charge in [0.15, 0.2) is 0 Å². The number of carbonyl (C=O) groups excluding carboxylic acids is 2. The van der Waals surface area contributed by atoms with Gasteiger partial charge in [0, 0.05) is 31.9 Å². The monoisotopic (exact) mass is 290 g/mol. The first kappa shape index (κ1) is 15.3. The lowest BCUT2D eigenvalue weighted by atomic mass is 10.1. The van der Waals surface area contributed by atoms with E-state index in [9.17, 15) is 9.59 Å².